The molecule has 0 saturated heterocycles. The second-order valence-corrected chi connectivity index (χ2v) is 6.01. The van der Waals surface area contributed by atoms with E-state index in [1.165, 1.54) is 37.7 Å². The average molecular weight is 313 g/mol. The fraction of sp³-hybridized carbons (Fsp3) is 0.474. The third-order valence-corrected chi connectivity index (χ3v) is 3.98. The van der Waals surface area contributed by atoms with E-state index in [0.29, 0.717) is 12.5 Å². The van der Waals surface area contributed by atoms with E-state index in [1.54, 1.807) is 12.3 Å². The van der Waals surface area contributed by atoms with Crippen molar-refractivity contribution in [3.8, 4) is 5.88 Å². The van der Waals surface area contributed by atoms with Gasteiger partial charge in [-0.2, -0.15) is 4.98 Å². The molecule has 0 radical (unpaired) electrons. The number of hydrogen-bond acceptors (Lipinski definition) is 4. The van der Waals surface area contributed by atoms with Gasteiger partial charge in [0.05, 0.1) is 0 Å². The second kappa shape index (κ2) is 9.13. The quantitative estimate of drug-likeness (QED) is 0.745. The first-order valence-corrected chi connectivity index (χ1v) is 8.50. The highest BCUT2D eigenvalue weighted by molar-refractivity contribution is 5.24. The van der Waals surface area contributed by atoms with Crippen LogP contribution in [0.15, 0.2) is 36.5 Å². The number of nitrogens with two attached hydrogens (primary N) is 1. The van der Waals surface area contributed by atoms with E-state index in [-0.39, 0.29) is 5.95 Å². The molecule has 0 aliphatic heterocycles. The predicted octanol–water partition coefficient (Wildman–Crippen LogP) is 4.40. The molecule has 0 amide bonds. The summed E-state index contributed by atoms with van der Waals surface area (Å²) >= 11 is 0. The van der Waals surface area contributed by atoms with Gasteiger partial charge in [0, 0.05) is 12.3 Å². The van der Waals surface area contributed by atoms with Gasteiger partial charge in [-0.25, -0.2) is 4.98 Å². The second-order valence-electron chi connectivity index (χ2n) is 6.01. The molecule has 0 aliphatic rings. The van der Waals surface area contributed by atoms with Crippen LogP contribution in [0.5, 0.6) is 5.88 Å². The van der Waals surface area contributed by atoms with Gasteiger partial charge in [-0.3, -0.25) is 0 Å². The molecular weight excluding hydrogens is 286 g/mol. The van der Waals surface area contributed by atoms with E-state index < -0.39 is 0 Å². The minimum Gasteiger partial charge on any atom is -0.473 e. The van der Waals surface area contributed by atoms with Crippen molar-refractivity contribution in [2.45, 2.75) is 52.6 Å². The Morgan fingerprint density at radius 3 is 2.26 bits per heavy atom. The molecule has 0 atom stereocenters. The lowest BCUT2D eigenvalue weighted by atomic mass is 9.91. The maximum atomic E-state index is 5.64. The number of rotatable bonds is 9. The van der Waals surface area contributed by atoms with E-state index >= 15 is 0 Å². The van der Waals surface area contributed by atoms with Crippen molar-refractivity contribution in [2.24, 2.45) is 5.92 Å². The molecule has 4 heteroatoms. The predicted molar refractivity (Wildman–Crippen MR) is 94.2 cm³/mol. The topological polar surface area (TPSA) is 61.0 Å². The normalized spacial score (nSPS) is 10.9. The molecule has 4 nitrogen and oxygen atoms in total. The van der Waals surface area contributed by atoms with Crippen molar-refractivity contribution in [3.63, 3.8) is 0 Å². The minimum atomic E-state index is 0.232. The summed E-state index contributed by atoms with van der Waals surface area (Å²) in [4.78, 5) is 7.88. The maximum Gasteiger partial charge on any atom is 0.223 e. The Morgan fingerprint density at radius 1 is 1.00 bits per heavy atom. The van der Waals surface area contributed by atoms with Crippen molar-refractivity contribution in [2.75, 3.05) is 5.73 Å². The van der Waals surface area contributed by atoms with E-state index in [9.17, 15) is 0 Å². The number of hydrogen-bond donors (Lipinski definition) is 1. The van der Waals surface area contributed by atoms with Crippen LogP contribution >= 0.6 is 0 Å². The van der Waals surface area contributed by atoms with Crippen LogP contribution in [0.2, 0.25) is 0 Å². The summed E-state index contributed by atoms with van der Waals surface area (Å²) in [7, 11) is 0. The maximum absolute atomic E-state index is 5.64. The first-order chi connectivity index (χ1) is 11.2. The molecule has 1 aromatic carbocycles. The molecule has 0 spiro atoms. The zero-order valence-corrected chi connectivity index (χ0v) is 14.2. The zero-order chi connectivity index (χ0) is 16.5. The van der Waals surface area contributed by atoms with Gasteiger partial charge in [0.2, 0.25) is 11.8 Å². The molecule has 1 heterocycles. The highest BCUT2D eigenvalue weighted by Gasteiger charge is 2.08. The molecular formula is C19H27N3O. The van der Waals surface area contributed by atoms with Crippen LogP contribution in [-0.4, -0.2) is 9.97 Å². The van der Waals surface area contributed by atoms with Gasteiger partial charge >= 0.3 is 0 Å². The number of aromatic nitrogens is 2. The Kier molecular flexibility index (Phi) is 6.85. The minimum absolute atomic E-state index is 0.232. The molecule has 0 aliphatic carbocycles. The van der Waals surface area contributed by atoms with Crippen LogP contribution in [0.1, 0.15) is 50.7 Å². The number of benzene rings is 1. The largest absolute Gasteiger partial charge is 0.473 e. The summed E-state index contributed by atoms with van der Waals surface area (Å²) < 4.78 is 5.64. The fourth-order valence-electron chi connectivity index (χ4n) is 2.86. The monoisotopic (exact) mass is 313 g/mol. The van der Waals surface area contributed by atoms with Crippen molar-refractivity contribution >= 4 is 5.95 Å². The summed E-state index contributed by atoms with van der Waals surface area (Å²) in [6.45, 7) is 5.02. The smallest absolute Gasteiger partial charge is 0.223 e. The lowest BCUT2D eigenvalue weighted by molar-refractivity contribution is 0.294. The van der Waals surface area contributed by atoms with Crippen LogP contribution < -0.4 is 10.5 Å². The Morgan fingerprint density at radius 2 is 1.65 bits per heavy atom. The number of nitrogen functional groups attached to an aromatic ring is 1. The first kappa shape index (κ1) is 17.3. The van der Waals surface area contributed by atoms with Gasteiger partial charge in [0.1, 0.15) is 6.61 Å². The van der Waals surface area contributed by atoms with Gasteiger partial charge in [0.25, 0.3) is 0 Å². The van der Waals surface area contributed by atoms with Crippen molar-refractivity contribution in [1.29, 1.82) is 0 Å². The highest BCUT2D eigenvalue weighted by Crippen LogP contribution is 2.20. The number of ether oxygens (including phenoxy) is 1. The first-order valence-electron chi connectivity index (χ1n) is 8.50. The lowest BCUT2D eigenvalue weighted by Crippen LogP contribution is -2.04. The molecule has 2 N–H and O–H groups in total. The Balaban J connectivity index is 1.88. The van der Waals surface area contributed by atoms with E-state index in [0.717, 1.165) is 11.5 Å². The van der Waals surface area contributed by atoms with Gasteiger partial charge in [-0.05, 0) is 23.5 Å². The SMILES string of the molecule is CCCC(CCC)Cc1ccc(COc2ccnc(N)n2)cc1. The summed E-state index contributed by atoms with van der Waals surface area (Å²) in [5.41, 5.74) is 8.08. The van der Waals surface area contributed by atoms with Crippen LogP contribution in [0.4, 0.5) is 5.95 Å². The summed E-state index contributed by atoms with van der Waals surface area (Å²) in [6, 6.07) is 10.4. The standard InChI is InChI=1S/C19H27N3O/c1-3-5-15(6-4-2)13-16-7-9-17(10-8-16)14-23-18-11-12-21-19(20)22-18/h7-12,15H,3-6,13-14H2,1-2H3,(H2,20,21,22). The Bertz CT molecular complexity index is 577. The molecule has 0 unspecified atom stereocenters. The van der Waals surface area contributed by atoms with E-state index in [2.05, 4.69) is 48.1 Å². The molecule has 23 heavy (non-hydrogen) atoms. The lowest BCUT2D eigenvalue weighted by Gasteiger charge is -2.15. The molecule has 0 bridgehead atoms. The van der Waals surface area contributed by atoms with Crippen LogP contribution in [0.25, 0.3) is 0 Å². The van der Waals surface area contributed by atoms with Gasteiger partial charge in [-0.1, -0.05) is 63.8 Å². The third-order valence-electron chi connectivity index (χ3n) is 3.98. The molecule has 0 fully saturated rings. The summed E-state index contributed by atoms with van der Waals surface area (Å²) in [5.74, 6) is 1.54. The van der Waals surface area contributed by atoms with E-state index in [4.69, 9.17) is 10.5 Å². The summed E-state index contributed by atoms with van der Waals surface area (Å²) in [6.07, 6.45) is 7.92. The summed E-state index contributed by atoms with van der Waals surface area (Å²) in [5, 5.41) is 0. The zero-order valence-electron chi connectivity index (χ0n) is 14.2. The van der Waals surface area contributed by atoms with Gasteiger partial charge in [0.15, 0.2) is 0 Å². The third kappa shape index (κ3) is 5.89. The Labute approximate surface area is 139 Å². The van der Waals surface area contributed by atoms with E-state index in [1.807, 2.05) is 0 Å². The van der Waals surface area contributed by atoms with Gasteiger partial charge < -0.3 is 10.5 Å². The van der Waals surface area contributed by atoms with Crippen molar-refractivity contribution in [1.82, 2.24) is 9.97 Å². The molecule has 1 aromatic heterocycles. The molecule has 2 aromatic rings. The Hall–Kier alpha value is -2.10. The average Bonchev–Trinajstić information content (AvgIpc) is 2.55. The molecule has 124 valence electrons. The van der Waals surface area contributed by atoms with Crippen LogP contribution in [-0.2, 0) is 13.0 Å². The van der Waals surface area contributed by atoms with Crippen molar-refractivity contribution < 1.29 is 4.74 Å². The number of nitrogens with zero attached hydrogens (tertiary/aromatic N) is 2. The highest BCUT2D eigenvalue weighted by atomic mass is 16.5. The molecule has 2 rings (SSSR count). The van der Waals surface area contributed by atoms with Crippen LogP contribution in [0.3, 0.4) is 0 Å². The van der Waals surface area contributed by atoms with Gasteiger partial charge in [-0.15, -0.1) is 0 Å². The number of anilines is 1. The van der Waals surface area contributed by atoms with Crippen molar-refractivity contribution in [3.05, 3.63) is 47.7 Å². The van der Waals surface area contributed by atoms with Crippen LogP contribution in [0, 0.1) is 5.92 Å². The fourth-order valence-corrected chi connectivity index (χ4v) is 2.86. The molecule has 0 saturated carbocycles.